The average molecular weight is 238 g/mol. The molecule has 4 nitrogen and oxygen atoms in total. The SMILES string of the molecule is CCCOC(CC)[SiH](OCC)OCC.O. The van der Waals surface area contributed by atoms with Gasteiger partial charge < -0.3 is 19.1 Å². The van der Waals surface area contributed by atoms with E-state index in [0.717, 1.165) is 32.7 Å². The highest BCUT2D eigenvalue weighted by atomic mass is 28.3. The normalized spacial score (nSPS) is 12.6. The van der Waals surface area contributed by atoms with Crippen LogP contribution in [0.25, 0.3) is 0 Å². The van der Waals surface area contributed by atoms with Crippen LogP contribution in [-0.2, 0) is 13.6 Å². The maximum atomic E-state index is 5.72. The number of ether oxygens (including phenoxy) is 1. The summed E-state index contributed by atoms with van der Waals surface area (Å²) in [4.78, 5) is 0. The summed E-state index contributed by atoms with van der Waals surface area (Å²) in [7, 11) is -1.60. The Labute approximate surface area is 95.1 Å². The van der Waals surface area contributed by atoms with Crippen LogP contribution in [0.5, 0.6) is 0 Å². The molecule has 1 atom stereocenters. The summed E-state index contributed by atoms with van der Waals surface area (Å²) in [5.41, 5.74) is 0.204. The molecule has 0 aromatic rings. The predicted octanol–water partition coefficient (Wildman–Crippen LogP) is 1.20. The molecule has 0 amide bonds. The summed E-state index contributed by atoms with van der Waals surface area (Å²) in [5.74, 6) is 0. The van der Waals surface area contributed by atoms with Gasteiger partial charge in [0.1, 0.15) is 0 Å². The van der Waals surface area contributed by atoms with E-state index in [0.29, 0.717) is 0 Å². The lowest BCUT2D eigenvalue weighted by Crippen LogP contribution is -2.39. The standard InChI is InChI=1S/C10H24O3Si.H2O/c1-5-9-11-10(6-2)14(12-7-3)13-8-4;/h10,14H,5-9H2,1-4H3;1H2. The molecule has 0 spiro atoms. The summed E-state index contributed by atoms with van der Waals surface area (Å²) in [6, 6.07) is 0. The van der Waals surface area contributed by atoms with Crippen LogP contribution in [0.1, 0.15) is 40.5 Å². The number of hydrogen-bond acceptors (Lipinski definition) is 3. The zero-order valence-electron chi connectivity index (χ0n) is 10.4. The summed E-state index contributed by atoms with van der Waals surface area (Å²) in [5, 5.41) is 0. The molecule has 5 heteroatoms. The van der Waals surface area contributed by atoms with E-state index in [1.54, 1.807) is 0 Å². The van der Waals surface area contributed by atoms with Crippen LogP contribution in [0.2, 0.25) is 0 Å². The zero-order chi connectivity index (χ0) is 10.8. The fraction of sp³-hybridized carbons (Fsp3) is 1.00. The Morgan fingerprint density at radius 2 is 1.53 bits per heavy atom. The van der Waals surface area contributed by atoms with Gasteiger partial charge in [-0.3, -0.25) is 0 Å². The molecule has 1 unspecified atom stereocenters. The van der Waals surface area contributed by atoms with Crippen molar-refractivity contribution in [3.8, 4) is 0 Å². The van der Waals surface area contributed by atoms with Crippen LogP contribution in [0, 0.1) is 0 Å². The Kier molecular flexibility index (Phi) is 14.1. The molecule has 0 bridgehead atoms. The van der Waals surface area contributed by atoms with Crippen molar-refractivity contribution in [1.82, 2.24) is 0 Å². The Bertz CT molecular complexity index is 118. The van der Waals surface area contributed by atoms with Crippen molar-refractivity contribution in [3.63, 3.8) is 0 Å². The van der Waals surface area contributed by atoms with Crippen molar-refractivity contribution in [1.29, 1.82) is 0 Å². The minimum absolute atomic E-state index is 0. The molecule has 0 aliphatic rings. The first kappa shape index (κ1) is 17.5. The lowest BCUT2D eigenvalue weighted by molar-refractivity contribution is 0.0592. The van der Waals surface area contributed by atoms with Crippen LogP contribution in [-0.4, -0.2) is 40.3 Å². The summed E-state index contributed by atoms with van der Waals surface area (Å²) in [6.45, 7) is 10.5. The van der Waals surface area contributed by atoms with Crippen LogP contribution in [0.15, 0.2) is 0 Å². The molecule has 0 fully saturated rings. The van der Waals surface area contributed by atoms with Gasteiger partial charge in [-0.15, -0.1) is 0 Å². The molecule has 0 heterocycles. The molecular weight excluding hydrogens is 212 g/mol. The molecular formula is C10H26O4Si. The first-order valence-electron chi connectivity index (χ1n) is 5.64. The molecule has 15 heavy (non-hydrogen) atoms. The summed E-state index contributed by atoms with van der Waals surface area (Å²) >= 11 is 0. The first-order chi connectivity index (χ1) is 6.79. The number of rotatable bonds is 9. The predicted molar refractivity (Wildman–Crippen MR) is 64.3 cm³/mol. The van der Waals surface area contributed by atoms with Crippen molar-refractivity contribution in [3.05, 3.63) is 0 Å². The largest absolute Gasteiger partial charge is 0.412 e. The highest BCUT2D eigenvalue weighted by molar-refractivity contribution is 6.46. The fourth-order valence-corrected chi connectivity index (χ4v) is 3.11. The third kappa shape index (κ3) is 7.93. The van der Waals surface area contributed by atoms with Gasteiger partial charge in [0.2, 0.25) is 0 Å². The maximum Gasteiger partial charge on any atom is 0.351 e. The molecule has 0 aromatic carbocycles. The van der Waals surface area contributed by atoms with E-state index in [1.807, 2.05) is 13.8 Å². The van der Waals surface area contributed by atoms with Gasteiger partial charge in [-0.25, -0.2) is 0 Å². The van der Waals surface area contributed by atoms with Crippen molar-refractivity contribution < 1.29 is 19.1 Å². The molecule has 0 saturated heterocycles. The Morgan fingerprint density at radius 1 is 1.00 bits per heavy atom. The average Bonchev–Trinajstić information content (AvgIpc) is 2.19. The summed E-state index contributed by atoms with van der Waals surface area (Å²) < 4.78 is 17.0. The van der Waals surface area contributed by atoms with E-state index in [4.69, 9.17) is 13.6 Å². The monoisotopic (exact) mass is 238 g/mol. The van der Waals surface area contributed by atoms with Crippen molar-refractivity contribution in [2.45, 2.75) is 46.3 Å². The van der Waals surface area contributed by atoms with E-state index in [9.17, 15) is 0 Å². The molecule has 94 valence electrons. The second-order valence-corrected chi connectivity index (χ2v) is 5.24. The first-order valence-corrected chi connectivity index (χ1v) is 7.25. The van der Waals surface area contributed by atoms with Crippen LogP contribution >= 0.6 is 0 Å². The highest BCUT2D eigenvalue weighted by Crippen LogP contribution is 2.07. The van der Waals surface area contributed by atoms with E-state index >= 15 is 0 Å². The second-order valence-electron chi connectivity index (χ2n) is 3.10. The number of hydrogen-bond donors (Lipinski definition) is 0. The third-order valence-electron chi connectivity index (χ3n) is 1.90. The van der Waals surface area contributed by atoms with Gasteiger partial charge in [0.25, 0.3) is 0 Å². The zero-order valence-corrected chi connectivity index (χ0v) is 11.6. The lowest BCUT2D eigenvalue weighted by Gasteiger charge is -2.23. The van der Waals surface area contributed by atoms with Gasteiger partial charge in [0.05, 0.1) is 5.73 Å². The smallest absolute Gasteiger partial charge is 0.351 e. The highest BCUT2D eigenvalue weighted by Gasteiger charge is 2.24. The Hall–Kier alpha value is 0.0569. The minimum Gasteiger partial charge on any atom is -0.412 e. The van der Waals surface area contributed by atoms with Gasteiger partial charge in [0, 0.05) is 19.8 Å². The molecule has 0 aliphatic heterocycles. The van der Waals surface area contributed by atoms with Gasteiger partial charge >= 0.3 is 9.28 Å². The van der Waals surface area contributed by atoms with Crippen molar-refractivity contribution >= 4 is 9.28 Å². The van der Waals surface area contributed by atoms with Gasteiger partial charge in [-0.2, -0.15) is 0 Å². The van der Waals surface area contributed by atoms with E-state index in [2.05, 4.69) is 13.8 Å². The van der Waals surface area contributed by atoms with E-state index in [-0.39, 0.29) is 11.2 Å². The van der Waals surface area contributed by atoms with Crippen molar-refractivity contribution in [2.24, 2.45) is 0 Å². The Balaban J connectivity index is 0. The molecule has 0 radical (unpaired) electrons. The van der Waals surface area contributed by atoms with E-state index < -0.39 is 9.28 Å². The van der Waals surface area contributed by atoms with Crippen LogP contribution in [0.3, 0.4) is 0 Å². The lowest BCUT2D eigenvalue weighted by atomic mass is 10.5. The van der Waals surface area contributed by atoms with Crippen molar-refractivity contribution in [2.75, 3.05) is 19.8 Å². The van der Waals surface area contributed by atoms with Gasteiger partial charge in [-0.1, -0.05) is 13.8 Å². The quantitative estimate of drug-likeness (QED) is 0.567. The van der Waals surface area contributed by atoms with Crippen LogP contribution in [0.4, 0.5) is 0 Å². The topological polar surface area (TPSA) is 59.2 Å². The second kappa shape index (κ2) is 12.1. The third-order valence-corrected chi connectivity index (χ3v) is 4.50. The molecule has 0 rings (SSSR count). The molecule has 0 aliphatic carbocycles. The maximum absolute atomic E-state index is 5.72. The Morgan fingerprint density at radius 3 is 1.87 bits per heavy atom. The van der Waals surface area contributed by atoms with Gasteiger partial charge in [0.15, 0.2) is 0 Å². The molecule has 0 saturated carbocycles. The van der Waals surface area contributed by atoms with E-state index in [1.165, 1.54) is 0 Å². The molecule has 0 aromatic heterocycles. The fourth-order valence-electron chi connectivity index (χ4n) is 1.25. The summed E-state index contributed by atoms with van der Waals surface area (Å²) in [6.07, 6.45) is 2.03. The van der Waals surface area contributed by atoms with Crippen LogP contribution < -0.4 is 0 Å². The minimum atomic E-state index is -1.60. The van der Waals surface area contributed by atoms with Gasteiger partial charge in [-0.05, 0) is 26.7 Å². The molecule has 2 N–H and O–H groups in total.